The molecule has 0 radical (unpaired) electrons. The number of carbonyl (C=O) groups excluding carboxylic acids is 2. The second-order valence-corrected chi connectivity index (χ2v) is 7.61. The number of anilines is 2. The fourth-order valence-electron chi connectivity index (χ4n) is 4.89. The number of methoxy groups -OCH3 is 1. The van der Waals surface area contributed by atoms with Gasteiger partial charge in [-0.25, -0.2) is 4.79 Å². The Morgan fingerprint density at radius 2 is 1.82 bits per heavy atom. The molecule has 0 spiro atoms. The first kappa shape index (κ1) is 17.1. The number of nitrogens with one attached hydrogen (secondary N) is 1. The van der Waals surface area contributed by atoms with Gasteiger partial charge in [-0.15, -0.1) is 0 Å². The molecule has 0 aliphatic carbocycles. The molecule has 28 heavy (non-hydrogen) atoms. The molecular formula is C22H23N3O3. The molecule has 6 nitrogen and oxygen atoms in total. The molecule has 5 rings (SSSR count). The number of urea groups is 1. The van der Waals surface area contributed by atoms with Crippen molar-refractivity contribution >= 4 is 23.3 Å². The van der Waals surface area contributed by atoms with E-state index < -0.39 is 0 Å². The molecule has 0 saturated carbocycles. The van der Waals surface area contributed by atoms with Crippen LogP contribution in [0, 0.1) is 0 Å². The number of ether oxygens (including phenoxy) is 1. The summed E-state index contributed by atoms with van der Waals surface area (Å²) in [6.45, 7) is 0.679. The number of nitrogens with zero attached hydrogens (tertiary/aromatic N) is 2. The number of carbonyl (C=O) groups is 2. The average molecular weight is 377 g/mol. The molecule has 2 fully saturated rings. The van der Waals surface area contributed by atoms with Gasteiger partial charge in [-0.05, 0) is 48.6 Å². The molecule has 3 aliphatic rings. The molecule has 2 aromatic rings. The SMILES string of the molecule is COc1ccc(NC(=O)N2C3CCC2c2ccccc23)cc1N1CCCC1=O. The highest BCUT2D eigenvalue weighted by Crippen LogP contribution is 2.53. The summed E-state index contributed by atoms with van der Waals surface area (Å²) in [4.78, 5) is 29.0. The number of benzene rings is 2. The summed E-state index contributed by atoms with van der Waals surface area (Å²) in [7, 11) is 1.59. The molecule has 3 heterocycles. The van der Waals surface area contributed by atoms with Crippen LogP contribution in [0.15, 0.2) is 42.5 Å². The fourth-order valence-corrected chi connectivity index (χ4v) is 4.89. The maximum Gasteiger partial charge on any atom is 0.322 e. The van der Waals surface area contributed by atoms with Crippen molar-refractivity contribution in [3.8, 4) is 5.75 Å². The van der Waals surface area contributed by atoms with Crippen molar-refractivity contribution in [2.45, 2.75) is 37.8 Å². The smallest absolute Gasteiger partial charge is 0.322 e. The quantitative estimate of drug-likeness (QED) is 0.870. The Kier molecular flexibility index (Phi) is 4.00. The Bertz CT molecular complexity index is 927. The molecule has 2 saturated heterocycles. The molecule has 2 bridgehead atoms. The van der Waals surface area contributed by atoms with E-state index in [1.807, 2.05) is 35.2 Å². The van der Waals surface area contributed by atoms with Crippen LogP contribution in [0.25, 0.3) is 0 Å². The summed E-state index contributed by atoms with van der Waals surface area (Å²) in [5.41, 5.74) is 3.94. The van der Waals surface area contributed by atoms with Crippen molar-refractivity contribution in [1.29, 1.82) is 0 Å². The topological polar surface area (TPSA) is 61.9 Å². The Balaban J connectivity index is 1.40. The number of amides is 3. The number of fused-ring (bicyclic) bond motifs is 5. The van der Waals surface area contributed by atoms with Gasteiger partial charge in [0.25, 0.3) is 0 Å². The third-order valence-corrected chi connectivity index (χ3v) is 6.13. The highest BCUT2D eigenvalue weighted by Gasteiger charge is 2.46. The summed E-state index contributed by atoms with van der Waals surface area (Å²) >= 11 is 0. The van der Waals surface area contributed by atoms with E-state index >= 15 is 0 Å². The lowest BCUT2D eigenvalue weighted by Crippen LogP contribution is -2.32. The van der Waals surface area contributed by atoms with E-state index in [9.17, 15) is 9.59 Å². The van der Waals surface area contributed by atoms with E-state index in [4.69, 9.17) is 4.74 Å². The van der Waals surface area contributed by atoms with E-state index in [1.54, 1.807) is 12.0 Å². The minimum absolute atomic E-state index is 0.0902. The summed E-state index contributed by atoms with van der Waals surface area (Å²) in [5, 5.41) is 3.04. The molecule has 2 atom stereocenters. The van der Waals surface area contributed by atoms with E-state index in [0.29, 0.717) is 24.4 Å². The minimum Gasteiger partial charge on any atom is -0.495 e. The standard InChI is InChI=1S/C22H23N3O3/c1-28-20-11-8-14(13-19(20)24-12-4-7-21(24)26)23-22(27)25-17-9-10-18(25)16-6-3-2-5-15(16)17/h2-3,5-6,8,11,13,17-18H,4,7,9-10,12H2,1H3,(H,23,27). The molecule has 1 N–H and O–H groups in total. The maximum absolute atomic E-state index is 13.1. The zero-order valence-corrected chi connectivity index (χ0v) is 15.9. The second-order valence-electron chi connectivity index (χ2n) is 7.61. The average Bonchev–Trinajstić information content (AvgIpc) is 3.41. The van der Waals surface area contributed by atoms with Crippen molar-refractivity contribution in [2.24, 2.45) is 0 Å². The number of rotatable bonds is 3. The Morgan fingerprint density at radius 3 is 2.43 bits per heavy atom. The second kappa shape index (κ2) is 6.55. The van der Waals surface area contributed by atoms with Gasteiger partial charge >= 0.3 is 6.03 Å². The lowest BCUT2D eigenvalue weighted by Gasteiger charge is -2.24. The Morgan fingerprint density at radius 1 is 1.11 bits per heavy atom. The third kappa shape index (κ3) is 2.55. The molecule has 144 valence electrons. The van der Waals surface area contributed by atoms with Crippen LogP contribution in [0.3, 0.4) is 0 Å². The van der Waals surface area contributed by atoms with Crippen LogP contribution in [0.4, 0.5) is 16.2 Å². The van der Waals surface area contributed by atoms with Crippen molar-refractivity contribution in [1.82, 2.24) is 4.90 Å². The van der Waals surface area contributed by atoms with Crippen LogP contribution in [0.5, 0.6) is 5.75 Å². The van der Waals surface area contributed by atoms with Gasteiger partial charge in [0.2, 0.25) is 5.91 Å². The van der Waals surface area contributed by atoms with Gasteiger partial charge in [0.1, 0.15) is 5.75 Å². The van der Waals surface area contributed by atoms with E-state index in [2.05, 4.69) is 17.4 Å². The highest BCUT2D eigenvalue weighted by atomic mass is 16.5. The van der Waals surface area contributed by atoms with Crippen molar-refractivity contribution < 1.29 is 14.3 Å². The zero-order chi connectivity index (χ0) is 19.3. The fraction of sp³-hybridized carbons (Fsp3) is 0.364. The highest BCUT2D eigenvalue weighted by molar-refractivity contribution is 5.98. The summed E-state index contributed by atoms with van der Waals surface area (Å²) in [6, 6.07) is 14.0. The van der Waals surface area contributed by atoms with Crippen LogP contribution < -0.4 is 15.0 Å². The third-order valence-electron chi connectivity index (χ3n) is 6.13. The first-order valence-electron chi connectivity index (χ1n) is 9.84. The van der Waals surface area contributed by atoms with Crippen LogP contribution in [0.2, 0.25) is 0 Å². The van der Waals surface area contributed by atoms with Gasteiger partial charge in [0.05, 0.1) is 24.9 Å². The molecule has 3 amide bonds. The predicted molar refractivity (Wildman–Crippen MR) is 107 cm³/mol. The first-order valence-corrected chi connectivity index (χ1v) is 9.84. The Labute approximate surface area is 164 Å². The monoisotopic (exact) mass is 377 g/mol. The summed E-state index contributed by atoms with van der Waals surface area (Å²) in [5.74, 6) is 0.733. The van der Waals surface area contributed by atoms with Gasteiger partial charge in [0.15, 0.2) is 0 Å². The van der Waals surface area contributed by atoms with Crippen LogP contribution in [-0.4, -0.2) is 30.5 Å². The minimum atomic E-state index is -0.0902. The molecule has 2 aromatic carbocycles. The maximum atomic E-state index is 13.1. The normalized spacial score (nSPS) is 22.5. The van der Waals surface area contributed by atoms with Crippen molar-refractivity contribution in [3.63, 3.8) is 0 Å². The van der Waals surface area contributed by atoms with Gasteiger partial charge in [-0.1, -0.05) is 24.3 Å². The molecule has 3 aliphatic heterocycles. The molecule has 2 unspecified atom stereocenters. The van der Waals surface area contributed by atoms with Crippen molar-refractivity contribution in [2.75, 3.05) is 23.9 Å². The lowest BCUT2D eigenvalue weighted by atomic mass is 9.92. The van der Waals surface area contributed by atoms with Gasteiger partial charge < -0.3 is 19.9 Å². The van der Waals surface area contributed by atoms with Crippen LogP contribution >= 0.6 is 0 Å². The molecule has 6 heteroatoms. The Hall–Kier alpha value is -3.02. The van der Waals surface area contributed by atoms with Gasteiger partial charge in [-0.3, -0.25) is 4.79 Å². The summed E-state index contributed by atoms with van der Waals surface area (Å²) in [6.07, 6.45) is 3.40. The van der Waals surface area contributed by atoms with Gasteiger partial charge in [0, 0.05) is 18.7 Å². The number of hydrogen-bond acceptors (Lipinski definition) is 3. The number of hydrogen-bond donors (Lipinski definition) is 1. The molecular weight excluding hydrogens is 354 g/mol. The van der Waals surface area contributed by atoms with Gasteiger partial charge in [-0.2, -0.15) is 0 Å². The van der Waals surface area contributed by atoms with Crippen molar-refractivity contribution in [3.05, 3.63) is 53.6 Å². The van der Waals surface area contributed by atoms with Crippen LogP contribution in [-0.2, 0) is 4.79 Å². The van der Waals surface area contributed by atoms with E-state index in [-0.39, 0.29) is 24.0 Å². The first-order chi connectivity index (χ1) is 13.7. The molecule has 0 aromatic heterocycles. The van der Waals surface area contributed by atoms with E-state index in [0.717, 1.165) is 24.9 Å². The van der Waals surface area contributed by atoms with E-state index in [1.165, 1.54) is 11.1 Å². The lowest BCUT2D eigenvalue weighted by molar-refractivity contribution is -0.117. The summed E-state index contributed by atoms with van der Waals surface area (Å²) < 4.78 is 5.44. The van der Waals surface area contributed by atoms with Crippen LogP contribution in [0.1, 0.15) is 48.9 Å². The zero-order valence-electron chi connectivity index (χ0n) is 15.9. The largest absolute Gasteiger partial charge is 0.495 e. The predicted octanol–water partition coefficient (Wildman–Crippen LogP) is 4.25.